The molecule has 0 saturated carbocycles. The largest absolute Gasteiger partial charge is 0.309 e. The van der Waals surface area contributed by atoms with Crippen LogP contribution in [0.25, 0.3) is 123 Å². The van der Waals surface area contributed by atoms with Crippen molar-refractivity contribution in [2.75, 3.05) is 0 Å². The second-order valence-corrected chi connectivity index (χ2v) is 17.1. The number of benzene rings is 9. The van der Waals surface area contributed by atoms with Crippen molar-refractivity contribution in [3.63, 3.8) is 0 Å². The molecular weight excluding hydrogens is 829 g/mol. The van der Waals surface area contributed by atoms with E-state index in [-0.39, 0.29) is 0 Å². The highest BCUT2D eigenvalue weighted by atomic mass is 15.2. The summed E-state index contributed by atoms with van der Waals surface area (Å²) in [6.07, 6.45) is 0. The second-order valence-electron chi connectivity index (χ2n) is 17.1. The molecule has 6 heteroatoms. The summed E-state index contributed by atoms with van der Waals surface area (Å²) in [7, 11) is 0. The standard InChI is InChI=1S/C62H40N6/c1-5-18-41(19-6-1)48-39-54(42-20-7-2-8-21-42)63-55(40-48)47-33-35-59-53(38-47)52-37-46(45-26-17-27-49(36-45)67-56-30-15-13-28-50(56)51-29-14-16-31-57(51)67)32-34-58(52)68(59)62-65-60(43-22-9-3-10-23-43)64-61(66-62)44-24-11-4-12-25-44/h1-40H. The van der Waals surface area contributed by atoms with Gasteiger partial charge in [-0.05, 0) is 82.9 Å². The fourth-order valence-electron chi connectivity index (χ4n) is 9.73. The molecule has 0 radical (unpaired) electrons. The molecule has 9 aromatic carbocycles. The van der Waals surface area contributed by atoms with Crippen molar-refractivity contribution in [3.8, 4) is 79.2 Å². The van der Waals surface area contributed by atoms with Gasteiger partial charge in [0, 0.05) is 49.5 Å². The molecule has 0 N–H and O–H groups in total. The first kappa shape index (κ1) is 39.1. The average molecular weight is 869 g/mol. The molecule has 0 bridgehead atoms. The lowest BCUT2D eigenvalue weighted by atomic mass is 9.98. The normalized spacial score (nSPS) is 11.5. The van der Waals surface area contributed by atoms with E-state index in [0.29, 0.717) is 17.6 Å². The highest BCUT2D eigenvalue weighted by molar-refractivity contribution is 6.12. The van der Waals surface area contributed by atoms with Crippen molar-refractivity contribution in [3.05, 3.63) is 243 Å². The predicted molar refractivity (Wildman–Crippen MR) is 279 cm³/mol. The Balaban J connectivity index is 1.04. The van der Waals surface area contributed by atoms with Crippen molar-refractivity contribution in [2.45, 2.75) is 0 Å². The molecule has 318 valence electrons. The van der Waals surface area contributed by atoms with Crippen LogP contribution < -0.4 is 0 Å². The van der Waals surface area contributed by atoms with Crippen LogP contribution >= 0.6 is 0 Å². The van der Waals surface area contributed by atoms with Crippen molar-refractivity contribution in [2.24, 2.45) is 0 Å². The molecule has 6 nitrogen and oxygen atoms in total. The number of hydrogen-bond donors (Lipinski definition) is 0. The summed E-state index contributed by atoms with van der Waals surface area (Å²) in [5.74, 6) is 1.76. The van der Waals surface area contributed by atoms with Crippen LogP contribution in [0.15, 0.2) is 243 Å². The van der Waals surface area contributed by atoms with Crippen LogP contribution in [0.4, 0.5) is 0 Å². The Labute approximate surface area is 392 Å². The number of aromatic nitrogens is 6. The SMILES string of the molecule is c1ccc(-c2cc(-c3ccccc3)nc(-c3ccc4c(c3)c3cc(-c5cccc(-n6c7ccccc7c7ccccc76)c5)ccc3n4-c3nc(-c4ccccc4)nc(-c4ccccc4)n3)c2)cc1. The van der Waals surface area contributed by atoms with Crippen LogP contribution in [-0.2, 0) is 0 Å². The molecule has 68 heavy (non-hydrogen) atoms. The van der Waals surface area contributed by atoms with E-state index in [9.17, 15) is 0 Å². The predicted octanol–water partition coefficient (Wildman–Crippen LogP) is 15.5. The Morgan fingerprint density at radius 1 is 0.235 bits per heavy atom. The van der Waals surface area contributed by atoms with Gasteiger partial charge in [-0.25, -0.2) is 9.97 Å². The Morgan fingerprint density at radius 3 is 1.26 bits per heavy atom. The summed E-state index contributed by atoms with van der Waals surface area (Å²) in [6, 6.07) is 85.3. The summed E-state index contributed by atoms with van der Waals surface area (Å²) >= 11 is 0. The first-order valence-corrected chi connectivity index (χ1v) is 22.9. The van der Waals surface area contributed by atoms with Crippen LogP contribution in [0.5, 0.6) is 0 Å². The summed E-state index contributed by atoms with van der Waals surface area (Å²) < 4.78 is 4.57. The smallest absolute Gasteiger partial charge is 0.238 e. The van der Waals surface area contributed by atoms with E-state index in [2.05, 4.69) is 185 Å². The van der Waals surface area contributed by atoms with Gasteiger partial charge >= 0.3 is 0 Å². The maximum Gasteiger partial charge on any atom is 0.238 e. The van der Waals surface area contributed by atoms with Gasteiger partial charge < -0.3 is 4.57 Å². The van der Waals surface area contributed by atoms with Crippen molar-refractivity contribution < 1.29 is 0 Å². The zero-order valence-electron chi connectivity index (χ0n) is 36.8. The van der Waals surface area contributed by atoms with Gasteiger partial charge in [0.1, 0.15) is 0 Å². The second kappa shape index (κ2) is 16.3. The van der Waals surface area contributed by atoms with Crippen molar-refractivity contribution in [1.29, 1.82) is 0 Å². The molecule has 0 saturated heterocycles. The average Bonchev–Trinajstić information content (AvgIpc) is 3.94. The topological polar surface area (TPSA) is 61.4 Å². The third kappa shape index (κ3) is 6.82. The molecule has 13 rings (SSSR count). The maximum absolute atomic E-state index is 5.34. The summed E-state index contributed by atoms with van der Waals surface area (Å²) in [5, 5.41) is 4.62. The zero-order valence-corrected chi connectivity index (χ0v) is 36.8. The van der Waals surface area contributed by atoms with Crippen molar-refractivity contribution >= 4 is 43.6 Å². The molecule has 13 aromatic rings. The fraction of sp³-hybridized carbons (Fsp3) is 0. The van der Waals surface area contributed by atoms with Crippen LogP contribution in [0.2, 0.25) is 0 Å². The highest BCUT2D eigenvalue weighted by Gasteiger charge is 2.21. The van der Waals surface area contributed by atoms with E-state index in [0.717, 1.165) is 83.4 Å². The number of fused-ring (bicyclic) bond motifs is 6. The van der Waals surface area contributed by atoms with E-state index < -0.39 is 0 Å². The van der Waals surface area contributed by atoms with E-state index in [1.165, 1.54) is 21.8 Å². The monoisotopic (exact) mass is 868 g/mol. The Bertz CT molecular complexity index is 3840. The molecule has 0 fully saturated rings. The Morgan fingerprint density at radius 2 is 0.676 bits per heavy atom. The molecule has 0 amide bonds. The lowest BCUT2D eigenvalue weighted by Crippen LogP contribution is -2.06. The minimum Gasteiger partial charge on any atom is -0.309 e. The van der Waals surface area contributed by atoms with Gasteiger partial charge in [-0.1, -0.05) is 182 Å². The van der Waals surface area contributed by atoms with Crippen molar-refractivity contribution in [1.82, 2.24) is 29.1 Å². The molecule has 4 aromatic heterocycles. The van der Waals surface area contributed by atoms with Gasteiger partial charge in [-0.3, -0.25) is 4.57 Å². The molecule has 0 unspecified atom stereocenters. The third-order valence-electron chi connectivity index (χ3n) is 13.0. The number of para-hydroxylation sites is 2. The highest BCUT2D eigenvalue weighted by Crippen LogP contribution is 2.40. The van der Waals surface area contributed by atoms with Gasteiger partial charge in [0.05, 0.1) is 33.5 Å². The number of rotatable bonds is 8. The molecule has 0 aliphatic rings. The quantitative estimate of drug-likeness (QED) is 0.153. The molecule has 0 atom stereocenters. The molecule has 0 aliphatic heterocycles. The van der Waals surface area contributed by atoms with Gasteiger partial charge in [0.15, 0.2) is 11.6 Å². The van der Waals surface area contributed by atoms with E-state index >= 15 is 0 Å². The minimum absolute atomic E-state index is 0.544. The number of hydrogen-bond acceptors (Lipinski definition) is 4. The minimum atomic E-state index is 0.544. The van der Waals surface area contributed by atoms with Crippen LogP contribution in [-0.4, -0.2) is 29.1 Å². The first-order valence-electron chi connectivity index (χ1n) is 22.9. The maximum atomic E-state index is 5.34. The van der Waals surface area contributed by atoms with Crippen LogP contribution in [0.3, 0.4) is 0 Å². The molecule has 0 spiro atoms. The van der Waals surface area contributed by atoms with Gasteiger partial charge in [0.25, 0.3) is 0 Å². The van der Waals surface area contributed by atoms with Gasteiger partial charge in [-0.2, -0.15) is 9.97 Å². The zero-order chi connectivity index (χ0) is 45.0. The van der Waals surface area contributed by atoms with Gasteiger partial charge in [-0.15, -0.1) is 0 Å². The van der Waals surface area contributed by atoms with Crippen LogP contribution in [0.1, 0.15) is 0 Å². The first-order chi connectivity index (χ1) is 33.7. The summed E-state index contributed by atoms with van der Waals surface area (Å²) in [6.45, 7) is 0. The summed E-state index contributed by atoms with van der Waals surface area (Å²) in [4.78, 5) is 20.9. The third-order valence-corrected chi connectivity index (χ3v) is 13.0. The molecule has 4 heterocycles. The molecular formula is C62H40N6. The molecule has 0 aliphatic carbocycles. The lowest BCUT2D eigenvalue weighted by molar-refractivity contribution is 0.953. The number of nitrogens with zero attached hydrogens (tertiary/aromatic N) is 6. The van der Waals surface area contributed by atoms with E-state index in [4.69, 9.17) is 19.9 Å². The van der Waals surface area contributed by atoms with Crippen LogP contribution in [0, 0.1) is 0 Å². The van der Waals surface area contributed by atoms with Gasteiger partial charge in [0.2, 0.25) is 5.95 Å². The Hall–Kier alpha value is -9.26. The Kier molecular flexibility index (Phi) is 9.39. The fourth-order valence-corrected chi connectivity index (χ4v) is 9.73. The lowest BCUT2D eigenvalue weighted by Gasteiger charge is -2.12. The van der Waals surface area contributed by atoms with E-state index in [1.54, 1.807) is 0 Å². The summed E-state index contributed by atoms with van der Waals surface area (Å²) in [5.41, 5.74) is 15.6. The number of pyridine rings is 1. The van der Waals surface area contributed by atoms with E-state index in [1.807, 2.05) is 66.7 Å².